The van der Waals surface area contributed by atoms with E-state index in [9.17, 15) is 4.79 Å². The number of hydrogen-bond donors (Lipinski definition) is 1. The van der Waals surface area contributed by atoms with Crippen LogP contribution in [0.25, 0.3) is 0 Å². The summed E-state index contributed by atoms with van der Waals surface area (Å²) in [5.41, 5.74) is 3.28. The van der Waals surface area contributed by atoms with E-state index in [0.29, 0.717) is 15.2 Å². The SMILES string of the molecule is O=C(COc1ccc(Cl)cc1Br)N/N=C/c1ccc(Br)cc1. The molecule has 2 rings (SSSR count). The molecule has 7 heteroatoms. The maximum atomic E-state index is 11.6. The first-order valence-corrected chi connectivity index (χ1v) is 8.16. The van der Waals surface area contributed by atoms with Gasteiger partial charge in [-0.3, -0.25) is 4.79 Å². The summed E-state index contributed by atoms with van der Waals surface area (Å²) in [6, 6.07) is 12.6. The Labute approximate surface area is 149 Å². The van der Waals surface area contributed by atoms with Gasteiger partial charge in [0.25, 0.3) is 5.91 Å². The number of rotatable bonds is 5. The minimum atomic E-state index is -0.352. The molecule has 1 amide bonds. The van der Waals surface area contributed by atoms with Crippen molar-refractivity contribution in [3.63, 3.8) is 0 Å². The molecule has 0 saturated heterocycles. The number of benzene rings is 2. The molecule has 1 N–H and O–H groups in total. The molecule has 114 valence electrons. The molecule has 2 aromatic carbocycles. The smallest absolute Gasteiger partial charge is 0.277 e. The fourth-order valence-corrected chi connectivity index (χ4v) is 2.56. The summed E-state index contributed by atoms with van der Waals surface area (Å²) in [4.78, 5) is 11.6. The van der Waals surface area contributed by atoms with Crippen LogP contribution in [-0.4, -0.2) is 18.7 Å². The second-order valence-electron chi connectivity index (χ2n) is 4.21. The minimum Gasteiger partial charge on any atom is -0.483 e. The Kier molecular flexibility index (Phi) is 6.42. The van der Waals surface area contributed by atoms with E-state index in [2.05, 4.69) is 42.4 Å². The van der Waals surface area contributed by atoms with Crippen LogP contribution in [0.3, 0.4) is 0 Å². The molecule has 0 atom stereocenters. The van der Waals surface area contributed by atoms with E-state index in [1.54, 1.807) is 24.4 Å². The molecule has 0 heterocycles. The van der Waals surface area contributed by atoms with Crippen LogP contribution in [0.2, 0.25) is 5.02 Å². The lowest BCUT2D eigenvalue weighted by Gasteiger charge is -2.07. The topological polar surface area (TPSA) is 50.7 Å². The second kappa shape index (κ2) is 8.31. The van der Waals surface area contributed by atoms with Crippen molar-refractivity contribution >= 4 is 55.6 Å². The number of nitrogens with one attached hydrogen (secondary N) is 1. The van der Waals surface area contributed by atoms with Crippen LogP contribution in [-0.2, 0) is 4.79 Å². The van der Waals surface area contributed by atoms with Crippen molar-refractivity contribution in [1.29, 1.82) is 0 Å². The van der Waals surface area contributed by atoms with Gasteiger partial charge in [0, 0.05) is 9.50 Å². The van der Waals surface area contributed by atoms with E-state index in [0.717, 1.165) is 10.0 Å². The predicted octanol–water partition coefficient (Wildman–Crippen LogP) is 4.39. The number of carbonyl (C=O) groups is 1. The third-order valence-electron chi connectivity index (χ3n) is 2.53. The molecule has 0 unspecified atom stereocenters. The minimum absolute atomic E-state index is 0.141. The van der Waals surface area contributed by atoms with Gasteiger partial charge in [-0.25, -0.2) is 5.43 Å². The van der Waals surface area contributed by atoms with Crippen LogP contribution >= 0.6 is 43.5 Å². The molecule has 0 aliphatic rings. The van der Waals surface area contributed by atoms with Crippen LogP contribution in [0, 0.1) is 0 Å². The number of ether oxygens (including phenoxy) is 1. The first kappa shape index (κ1) is 17.0. The van der Waals surface area contributed by atoms with Crippen molar-refractivity contribution in [2.24, 2.45) is 5.10 Å². The summed E-state index contributed by atoms with van der Waals surface area (Å²) in [5.74, 6) is 0.187. The molecule has 4 nitrogen and oxygen atoms in total. The Morgan fingerprint density at radius 1 is 1.23 bits per heavy atom. The quantitative estimate of drug-likeness (QED) is 0.547. The molecule has 0 aromatic heterocycles. The zero-order chi connectivity index (χ0) is 15.9. The van der Waals surface area contributed by atoms with Crippen molar-refractivity contribution in [3.8, 4) is 5.75 Å². The first-order chi connectivity index (χ1) is 10.5. The lowest BCUT2D eigenvalue weighted by molar-refractivity contribution is -0.123. The molecule has 0 spiro atoms. The standard InChI is InChI=1S/C15H11Br2ClN2O2/c16-11-3-1-10(2-4-11)8-19-20-15(21)9-22-14-6-5-12(18)7-13(14)17/h1-8H,9H2,(H,20,21)/b19-8+. The van der Waals surface area contributed by atoms with Crippen molar-refractivity contribution in [2.45, 2.75) is 0 Å². The molecular formula is C15H11Br2ClN2O2. The molecule has 0 aliphatic carbocycles. The lowest BCUT2D eigenvalue weighted by atomic mass is 10.2. The highest BCUT2D eigenvalue weighted by Crippen LogP contribution is 2.27. The maximum absolute atomic E-state index is 11.6. The fourth-order valence-electron chi connectivity index (χ4n) is 1.50. The highest BCUT2D eigenvalue weighted by molar-refractivity contribution is 9.10. The van der Waals surface area contributed by atoms with Crippen molar-refractivity contribution in [2.75, 3.05) is 6.61 Å². The largest absolute Gasteiger partial charge is 0.483 e. The van der Waals surface area contributed by atoms with E-state index >= 15 is 0 Å². The number of hydrogen-bond acceptors (Lipinski definition) is 3. The summed E-state index contributed by atoms with van der Waals surface area (Å²) >= 11 is 12.5. The molecule has 0 fully saturated rings. The average Bonchev–Trinajstić information content (AvgIpc) is 2.48. The van der Waals surface area contributed by atoms with Crippen LogP contribution < -0.4 is 10.2 Å². The van der Waals surface area contributed by atoms with Crippen molar-refractivity contribution in [1.82, 2.24) is 5.43 Å². The normalized spacial score (nSPS) is 10.7. The molecule has 2 aromatic rings. The summed E-state index contributed by atoms with van der Waals surface area (Å²) in [6.45, 7) is -0.141. The third-order valence-corrected chi connectivity index (χ3v) is 3.91. The van der Waals surface area contributed by atoms with Gasteiger partial charge in [0.2, 0.25) is 0 Å². The number of halogens is 3. The van der Waals surface area contributed by atoms with Gasteiger partial charge in [-0.05, 0) is 51.8 Å². The third kappa shape index (κ3) is 5.44. The zero-order valence-electron chi connectivity index (χ0n) is 11.2. The van der Waals surface area contributed by atoms with E-state index in [1.165, 1.54) is 0 Å². The number of nitrogens with zero attached hydrogens (tertiary/aromatic N) is 1. The maximum Gasteiger partial charge on any atom is 0.277 e. The Hall–Kier alpha value is -1.37. The molecular weight excluding hydrogens is 435 g/mol. The lowest BCUT2D eigenvalue weighted by Crippen LogP contribution is -2.24. The molecule has 0 saturated carbocycles. The number of carbonyl (C=O) groups excluding carboxylic acids is 1. The van der Waals surface area contributed by atoms with Crippen molar-refractivity contribution < 1.29 is 9.53 Å². The number of amides is 1. The molecule has 0 bridgehead atoms. The predicted molar refractivity (Wildman–Crippen MR) is 94.5 cm³/mol. The second-order valence-corrected chi connectivity index (χ2v) is 6.41. The molecule has 0 aliphatic heterocycles. The van der Waals surface area contributed by atoms with Crippen LogP contribution in [0.5, 0.6) is 5.75 Å². The monoisotopic (exact) mass is 444 g/mol. The Morgan fingerprint density at radius 3 is 2.64 bits per heavy atom. The highest BCUT2D eigenvalue weighted by Gasteiger charge is 2.05. The van der Waals surface area contributed by atoms with Gasteiger partial charge < -0.3 is 4.74 Å². The number of hydrazone groups is 1. The van der Waals surface area contributed by atoms with E-state index in [-0.39, 0.29) is 12.5 Å². The van der Waals surface area contributed by atoms with Gasteiger partial charge in [0.15, 0.2) is 6.61 Å². The van der Waals surface area contributed by atoms with E-state index in [1.807, 2.05) is 24.3 Å². The van der Waals surface area contributed by atoms with Gasteiger partial charge in [-0.1, -0.05) is 39.7 Å². The van der Waals surface area contributed by atoms with E-state index in [4.69, 9.17) is 16.3 Å². The first-order valence-electron chi connectivity index (χ1n) is 6.20. The van der Waals surface area contributed by atoms with Crippen LogP contribution in [0.1, 0.15) is 5.56 Å². The Balaban J connectivity index is 1.81. The van der Waals surface area contributed by atoms with E-state index < -0.39 is 0 Å². The van der Waals surface area contributed by atoms with Gasteiger partial charge in [0.05, 0.1) is 10.7 Å². The van der Waals surface area contributed by atoms with Crippen LogP contribution in [0.4, 0.5) is 0 Å². The summed E-state index contributed by atoms with van der Waals surface area (Å²) in [7, 11) is 0. The van der Waals surface area contributed by atoms with Crippen LogP contribution in [0.15, 0.2) is 56.5 Å². The average molecular weight is 447 g/mol. The Bertz CT molecular complexity index is 690. The fraction of sp³-hybridized carbons (Fsp3) is 0.0667. The van der Waals surface area contributed by atoms with Gasteiger partial charge >= 0.3 is 0 Å². The van der Waals surface area contributed by atoms with Gasteiger partial charge in [-0.15, -0.1) is 0 Å². The summed E-state index contributed by atoms with van der Waals surface area (Å²) in [5, 5.41) is 4.45. The summed E-state index contributed by atoms with van der Waals surface area (Å²) < 4.78 is 7.04. The van der Waals surface area contributed by atoms with Gasteiger partial charge in [-0.2, -0.15) is 5.10 Å². The molecule has 22 heavy (non-hydrogen) atoms. The molecule has 0 radical (unpaired) electrons. The Morgan fingerprint density at radius 2 is 1.95 bits per heavy atom. The zero-order valence-corrected chi connectivity index (χ0v) is 15.2. The highest BCUT2D eigenvalue weighted by atomic mass is 79.9. The summed E-state index contributed by atoms with van der Waals surface area (Å²) in [6.07, 6.45) is 1.56. The van der Waals surface area contributed by atoms with Crippen molar-refractivity contribution in [3.05, 3.63) is 62.0 Å². The van der Waals surface area contributed by atoms with Gasteiger partial charge in [0.1, 0.15) is 5.75 Å².